The van der Waals surface area contributed by atoms with Gasteiger partial charge in [0.2, 0.25) is 0 Å². The van der Waals surface area contributed by atoms with Gasteiger partial charge < -0.3 is 4.74 Å². The van der Waals surface area contributed by atoms with Gasteiger partial charge in [0, 0.05) is 15.9 Å². The Hall–Kier alpha value is -2.17. The second kappa shape index (κ2) is 7.34. The number of rotatable bonds is 5. The quantitative estimate of drug-likeness (QED) is 0.415. The van der Waals surface area contributed by atoms with Crippen molar-refractivity contribution in [3.05, 3.63) is 105 Å². The smallest absolute Gasteiger partial charge is 0.320 e. The van der Waals surface area contributed by atoms with Crippen molar-refractivity contribution in [3.63, 3.8) is 0 Å². The highest BCUT2D eigenvalue weighted by Gasteiger charge is 2.76. The molecule has 0 aromatic heterocycles. The van der Waals surface area contributed by atoms with Gasteiger partial charge in [-0.05, 0) is 41.0 Å². The van der Waals surface area contributed by atoms with E-state index in [1.54, 1.807) is 36.4 Å². The van der Waals surface area contributed by atoms with Crippen LogP contribution in [-0.2, 0) is 27.2 Å². The summed E-state index contributed by atoms with van der Waals surface area (Å²) < 4.78 is 22.5. The predicted octanol–water partition coefficient (Wildman–Crippen LogP) is 6.35. The van der Waals surface area contributed by atoms with Crippen LogP contribution in [0.25, 0.3) is 0 Å². The Balaban J connectivity index is 1.68. The molecule has 1 fully saturated rings. The molecule has 2 atom stereocenters. The maximum Gasteiger partial charge on any atom is 0.320 e. The van der Waals surface area contributed by atoms with Crippen LogP contribution in [-0.4, -0.2) is 5.97 Å². The molecule has 0 N–H and O–H groups in total. The average Bonchev–Trinajstić information content (AvgIpc) is 3.36. The van der Waals surface area contributed by atoms with E-state index in [0.29, 0.717) is 16.1 Å². The third-order valence-corrected chi connectivity index (χ3v) is 6.04. The molecular formula is C23H17BrClFO2. The predicted molar refractivity (Wildman–Crippen MR) is 111 cm³/mol. The molecule has 0 unspecified atom stereocenters. The van der Waals surface area contributed by atoms with Gasteiger partial charge in [-0.15, -0.1) is 0 Å². The van der Waals surface area contributed by atoms with Crippen LogP contribution in [0.5, 0.6) is 0 Å². The fourth-order valence-corrected chi connectivity index (χ4v) is 4.04. The molecule has 1 aliphatic carbocycles. The average molecular weight is 460 g/mol. The molecule has 0 heterocycles. The van der Waals surface area contributed by atoms with Gasteiger partial charge >= 0.3 is 5.97 Å². The number of carbonyl (C=O) groups excluding carboxylic acids is 1. The molecule has 5 heteroatoms. The summed E-state index contributed by atoms with van der Waals surface area (Å²) in [6.07, 6.45) is 0.0386. The van der Waals surface area contributed by atoms with Gasteiger partial charge in [0.25, 0.3) is 0 Å². The van der Waals surface area contributed by atoms with Gasteiger partial charge in [-0.1, -0.05) is 82.1 Å². The van der Waals surface area contributed by atoms with Crippen molar-refractivity contribution in [2.24, 2.45) is 0 Å². The Morgan fingerprint density at radius 2 is 1.57 bits per heavy atom. The first-order valence-corrected chi connectivity index (χ1v) is 10.0. The maximum absolute atomic E-state index is 16.1. The van der Waals surface area contributed by atoms with Crippen molar-refractivity contribution in [2.75, 3.05) is 0 Å². The molecule has 4 rings (SSSR count). The molecule has 1 aliphatic rings. The Bertz CT molecular complexity index is 991. The van der Waals surface area contributed by atoms with E-state index < -0.39 is 17.1 Å². The first-order valence-electron chi connectivity index (χ1n) is 8.88. The van der Waals surface area contributed by atoms with Gasteiger partial charge in [0.05, 0.1) is 0 Å². The lowest BCUT2D eigenvalue weighted by molar-refractivity contribution is -0.149. The normalized spacial score (nSPS) is 23.2. The standard InChI is InChI=1S/C23H17BrClFO2/c24-19-10-6-17(7-11-19)22(21(27)28-14-16-4-2-1-3-5-16)15-23(22,26)18-8-12-20(25)13-9-18/h1-13H,14-15H2/t22-,23-/m1/s1. The molecule has 0 aliphatic heterocycles. The molecule has 0 bridgehead atoms. The van der Waals surface area contributed by atoms with Crippen molar-refractivity contribution in [1.82, 2.24) is 0 Å². The van der Waals surface area contributed by atoms with Gasteiger partial charge in [-0.3, -0.25) is 4.79 Å². The lowest BCUT2D eigenvalue weighted by Gasteiger charge is -2.20. The van der Waals surface area contributed by atoms with E-state index in [1.807, 2.05) is 42.5 Å². The van der Waals surface area contributed by atoms with Crippen molar-refractivity contribution < 1.29 is 13.9 Å². The van der Waals surface area contributed by atoms with Crippen LogP contribution < -0.4 is 0 Å². The van der Waals surface area contributed by atoms with E-state index in [9.17, 15) is 4.79 Å². The van der Waals surface area contributed by atoms with Crippen LogP contribution in [0.2, 0.25) is 5.02 Å². The molecule has 2 nitrogen and oxygen atoms in total. The highest BCUT2D eigenvalue weighted by Crippen LogP contribution is 2.67. The van der Waals surface area contributed by atoms with Gasteiger partial charge in [0.1, 0.15) is 12.0 Å². The Labute approximate surface area is 176 Å². The lowest BCUT2D eigenvalue weighted by Crippen LogP contribution is -2.30. The van der Waals surface area contributed by atoms with Gasteiger partial charge in [-0.2, -0.15) is 0 Å². The largest absolute Gasteiger partial charge is 0.460 e. The van der Waals surface area contributed by atoms with Crippen LogP contribution in [0, 0.1) is 0 Å². The maximum atomic E-state index is 16.1. The monoisotopic (exact) mass is 458 g/mol. The Kier molecular flexibility index (Phi) is 5.02. The molecule has 0 radical (unpaired) electrons. The minimum atomic E-state index is -1.83. The Morgan fingerprint density at radius 1 is 0.964 bits per heavy atom. The number of halogens is 3. The molecule has 0 saturated heterocycles. The van der Waals surface area contributed by atoms with E-state index in [4.69, 9.17) is 16.3 Å². The summed E-state index contributed by atoms with van der Waals surface area (Å²) in [5, 5.41) is 0.522. The summed E-state index contributed by atoms with van der Waals surface area (Å²) in [5.41, 5.74) is -1.31. The van der Waals surface area contributed by atoms with Crippen LogP contribution >= 0.6 is 27.5 Å². The molecule has 0 amide bonds. The second-order valence-corrected chi connectivity index (χ2v) is 8.31. The van der Waals surface area contributed by atoms with Crippen LogP contribution in [0.4, 0.5) is 4.39 Å². The summed E-state index contributed by atoms with van der Waals surface area (Å²) in [6, 6.07) is 23.1. The third-order valence-electron chi connectivity index (χ3n) is 5.26. The zero-order chi connectivity index (χ0) is 19.8. The highest BCUT2D eigenvalue weighted by atomic mass is 79.9. The first kappa shape index (κ1) is 19.2. The van der Waals surface area contributed by atoms with Crippen LogP contribution in [0.15, 0.2) is 83.3 Å². The van der Waals surface area contributed by atoms with Crippen molar-refractivity contribution in [2.45, 2.75) is 24.1 Å². The second-order valence-electron chi connectivity index (χ2n) is 6.96. The van der Waals surface area contributed by atoms with Crippen molar-refractivity contribution >= 4 is 33.5 Å². The number of esters is 1. The molecule has 0 spiro atoms. The zero-order valence-electron chi connectivity index (χ0n) is 14.9. The number of benzene rings is 3. The molecule has 3 aromatic carbocycles. The molecular weight excluding hydrogens is 443 g/mol. The molecule has 3 aromatic rings. The van der Waals surface area contributed by atoms with Crippen LogP contribution in [0.3, 0.4) is 0 Å². The van der Waals surface area contributed by atoms with Crippen molar-refractivity contribution in [3.8, 4) is 0 Å². The SMILES string of the molecule is O=C(OCc1ccccc1)[C@]1(c2ccc(Br)cc2)C[C@@]1(F)c1ccc(Cl)cc1. The van der Waals surface area contributed by atoms with E-state index in [-0.39, 0.29) is 13.0 Å². The highest BCUT2D eigenvalue weighted by molar-refractivity contribution is 9.10. The number of alkyl halides is 1. The van der Waals surface area contributed by atoms with E-state index in [0.717, 1.165) is 10.0 Å². The third kappa shape index (κ3) is 3.25. The van der Waals surface area contributed by atoms with E-state index in [1.165, 1.54) is 0 Å². The first-order chi connectivity index (χ1) is 13.5. The molecule has 1 saturated carbocycles. The number of hydrogen-bond donors (Lipinski definition) is 0. The number of carbonyl (C=O) groups is 1. The topological polar surface area (TPSA) is 26.3 Å². The molecule has 28 heavy (non-hydrogen) atoms. The summed E-state index contributed by atoms with van der Waals surface area (Å²) in [5.74, 6) is -0.559. The summed E-state index contributed by atoms with van der Waals surface area (Å²) in [6.45, 7) is 0.106. The Morgan fingerprint density at radius 3 is 2.21 bits per heavy atom. The fourth-order valence-electron chi connectivity index (χ4n) is 3.65. The minimum absolute atomic E-state index is 0.0386. The summed E-state index contributed by atoms with van der Waals surface area (Å²) in [4.78, 5) is 13.1. The van der Waals surface area contributed by atoms with Crippen LogP contribution in [0.1, 0.15) is 23.1 Å². The number of ether oxygens (including phenoxy) is 1. The lowest BCUT2D eigenvalue weighted by atomic mass is 9.89. The van der Waals surface area contributed by atoms with Gasteiger partial charge in [0.15, 0.2) is 5.67 Å². The summed E-state index contributed by atoms with van der Waals surface area (Å²) in [7, 11) is 0. The van der Waals surface area contributed by atoms with Crippen molar-refractivity contribution in [1.29, 1.82) is 0 Å². The van der Waals surface area contributed by atoms with Gasteiger partial charge in [-0.25, -0.2) is 4.39 Å². The fraction of sp³-hybridized carbons (Fsp3) is 0.174. The van der Waals surface area contributed by atoms with E-state index >= 15 is 4.39 Å². The minimum Gasteiger partial charge on any atom is -0.460 e. The number of hydrogen-bond acceptors (Lipinski definition) is 2. The zero-order valence-corrected chi connectivity index (χ0v) is 17.2. The molecule has 142 valence electrons. The van der Waals surface area contributed by atoms with E-state index in [2.05, 4.69) is 15.9 Å². The summed E-state index contributed by atoms with van der Waals surface area (Å²) >= 11 is 9.34.